The molecule has 2 rings (SSSR count). The van der Waals surface area contributed by atoms with E-state index in [4.69, 9.17) is 9.59 Å². The van der Waals surface area contributed by atoms with E-state index in [1.54, 1.807) is 0 Å². The molecule has 0 bridgehead atoms. The van der Waals surface area contributed by atoms with Gasteiger partial charge in [-0.05, 0) is 0 Å². The van der Waals surface area contributed by atoms with E-state index in [1.807, 2.05) is 60.7 Å². The first-order chi connectivity index (χ1) is 7.00. The first-order valence-corrected chi connectivity index (χ1v) is 3.80. The van der Waals surface area contributed by atoms with Crippen molar-refractivity contribution in [1.82, 2.24) is 0 Å². The Morgan fingerprint density at radius 2 is 0.750 bits per heavy atom. The first-order valence-electron chi connectivity index (χ1n) is 3.80. The zero-order valence-electron chi connectivity index (χ0n) is 8.41. The fourth-order valence-corrected chi connectivity index (χ4v) is 0.642. The topological polar surface area (TPSA) is 34.1 Å². The number of hydrogen-bond acceptors (Lipinski definition) is 2. The van der Waals surface area contributed by atoms with Gasteiger partial charge in [0.05, 0.1) is 0 Å². The van der Waals surface area contributed by atoms with Crippen LogP contribution in [0.15, 0.2) is 60.7 Å². The molecule has 0 heterocycles. The van der Waals surface area contributed by atoms with Crippen molar-refractivity contribution in [3.8, 4) is 0 Å². The van der Waals surface area contributed by atoms with Gasteiger partial charge in [-0.15, -0.1) is 0 Å². The Morgan fingerprint density at radius 1 is 0.562 bits per heavy atom. The smallest absolute Gasteiger partial charge is 0 e. The molecular weight excluding hydrogens is 294 g/mol. The summed E-state index contributed by atoms with van der Waals surface area (Å²) in [6, 6.07) is 20.0. The maximum atomic E-state index is 7.75. The van der Waals surface area contributed by atoms with Crippen LogP contribution in [0, 0.1) is 0 Å². The largest absolute Gasteiger partial charge is 0.545 e. The molecule has 0 unspecified atom stereocenters. The molecule has 0 aliphatic carbocycles. The molecule has 0 aromatic heterocycles. The molecule has 0 N–H and O–H groups in total. The summed E-state index contributed by atoms with van der Waals surface area (Å²) < 4.78 is 0. The second-order valence-electron chi connectivity index (χ2n) is 1.92. The minimum Gasteiger partial charge on any atom is -0.545 e. The van der Waals surface area contributed by atoms with Crippen molar-refractivity contribution in [2.24, 2.45) is 0 Å². The maximum Gasteiger partial charge on any atom is 0 e. The minimum absolute atomic E-state index is 0. The van der Waals surface area contributed by atoms with Gasteiger partial charge < -0.3 is 9.59 Å². The Hall–Kier alpha value is -0.947. The van der Waals surface area contributed by atoms with Crippen LogP contribution in [-0.4, -0.2) is 13.6 Å². The van der Waals surface area contributed by atoms with E-state index in [0.29, 0.717) is 0 Å². The van der Waals surface area contributed by atoms with Crippen LogP contribution in [-0.2, 0) is 43.1 Å². The van der Waals surface area contributed by atoms with Gasteiger partial charge in [-0.2, -0.15) is 36.4 Å². The average molecular weight is 306 g/mol. The molecule has 0 amide bonds. The molecule has 2 nitrogen and oxygen atoms in total. The summed E-state index contributed by atoms with van der Waals surface area (Å²) in [5.74, 6) is 0. The van der Waals surface area contributed by atoms with Crippen LogP contribution in [0.3, 0.4) is 0 Å². The van der Waals surface area contributed by atoms with Crippen LogP contribution in [0.2, 0.25) is 0 Å². The van der Waals surface area contributed by atoms with Crippen LogP contribution >= 0.6 is 0 Å². The van der Waals surface area contributed by atoms with Crippen molar-refractivity contribution in [2.75, 3.05) is 0 Å². The van der Waals surface area contributed by atoms with Gasteiger partial charge in [-0.25, -0.2) is 24.3 Å². The van der Waals surface area contributed by atoms with Crippen molar-refractivity contribution in [3.63, 3.8) is 0 Å². The van der Waals surface area contributed by atoms with Gasteiger partial charge in [-0.3, -0.25) is 13.6 Å². The molecule has 0 fully saturated rings. The van der Waals surface area contributed by atoms with Gasteiger partial charge >= 0.3 is 0 Å². The van der Waals surface area contributed by atoms with Gasteiger partial charge in [0.1, 0.15) is 0 Å². The molecule has 2 radical (unpaired) electrons. The Kier molecular flexibility index (Phi) is 44.4. The van der Waals surface area contributed by atoms with Gasteiger partial charge in [0.2, 0.25) is 0 Å². The Bertz CT molecular complexity index is 179. The van der Waals surface area contributed by atoms with Gasteiger partial charge in [-0.1, -0.05) is 0 Å². The fraction of sp³-hybridized carbons (Fsp3) is 0. The van der Waals surface area contributed by atoms with Crippen molar-refractivity contribution < 1.29 is 43.1 Å². The summed E-state index contributed by atoms with van der Waals surface area (Å²) in [5, 5.41) is 0. The first kappa shape index (κ1) is 24.3. The zero-order chi connectivity index (χ0) is 11.1. The van der Waals surface area contributed by atoms with Crippen LogP contribution in [0.25, 0.3) is 0 Å². The summed E-state index contributed by atoms with van der Waals surface area (Å²) in [7, 11) is 0. The molecule has 0 aliphatic rings. The number of carbonyl (C=O) groups excluding carboxylic acids is 2. The standard InChI is InChI=1S/2C5H5.2CHO.2Co/c2*1-2-4-5-3-1;2*1-2;;/h2*1-5H;2*1H;;/q4*-1;;. The van der Waals surface area contributed by atoms with Crippen molar-refractivity contribution in [3.05, 3.63) is 60.7 Å². The monoisotopic (exact) mass is 306 g/mol. The predicted molar refractivity (Wildman–Crippen MR) is 57.6 cm³/mol. The summed E-state index contributed by atoms with van der Waals surface area (Å²) in [6.45, 7) is 6.50. The van der Waals surface area contributed by atoms with Crippen LogP contribution in [0.4, 0.5) is 0 Å². The third kappa shape index (κ3) is 23.1. The van der Waals surface area contributed by atoms with Crippen LogP contribution < -0.4 is 0 Å². The molecule has 0 atom stereocenters. The zero-order valence-corrected chi connectivity index (χ0v) is 10.5. The molecule has 2 aromatic carbocycles. The Labute approximate surface area is 117 Å². The van der Waals surface area contributed by atoms with E-state index >= 15 is 0 Å². The van der Waals surface area contributed by atoms with Gasteiger partial charge in [0.15, 0.2) is 0 Å². The molecule has 0 saturated carbocycles. The molecule has 94 valence electrons. The SMILES string of the molecule is [CH-]=O.[CH-]=O.[Co].[Co].c1cc[cH-]c1.c1cc[cH-]c1. The van der Waals surface area contributed by atoms with Crippen molar-refractivity contribution >= 4 is 13.6 Å². The molecule has 0 saturated heterocycles. The number of hydrogen-bond donors (Lipinski definition) is 0. The predicted octanol–water partition coefficient (Wildman–Crippen LogP) is 2.26. The van der Waals surface area contributed by atoms with Crippen LogP contribution in [0.5, 0.6) is 0 Å². The molecule has 16 heavy (non-hydrogen) atoms. The number of rotatable bonds is 0. The molecular formula is C12H12Co2O2-4. The van der Waals surface area contributed by atoms with Crippen molar-refractivity contribution in [1.29, 1.82) is 0 Å². The Morgan fingerprint density at radius 3 is 0.812 bits per heavy atom. The molecule has 2 aromatic rings. The average Bonchev–Trinajstić information content (AvgIpc) is 3.01. The quantitative estimate of drug-likeness (QED) is 0.553. The second kappa shape index (κ2) is 29.2. The van der Waals surface area contributed by atoms with E-state index in [2.05, 4.69) is 13.6 Å². The van der Waals surface area contributed by atoms with E-state index < -0.39 is 0 Å². The van der Waals surface area contributed by atoms with E-state index in [1.165, 1.54) is 0 Å². The van der Waals surface area contributed by atoms with Gasteiger partial charge in [0.25, 0.3) is 0 Å². The summed E-state index contributed by atoms with van der Waals surface area (Å²) >= 11 is 0. The normalized spacial score (nSPS) is 5.50. The minimum atomic E-state index is 0. The van der Waals surface area contributed by atoms with E-state index in [0.717, 1.165) is 0 Å². The van der Waals surface area contributed by atoms with Crippen LogP contribution in [0.1, 0.15) is 0 Å². The third-order valence-electron chi connectivity index (χ3n) is 1.11. The summed E-state index contributed by atoms with van der Waals surface area (Å²) in [5.41, 5.74) is 0. The summed E-state index contributed by atoms with van der Waals surface area (Å²) in [4.78, 5) is 15.5. The molecule has 0 spiro atoms. The second-order valence-corrected chi connectivity index (χ2v) is 1.92. The van der Waals surface area contributed by atoms with E-state index in [9.17, 15) is 0 Å². The molecule has 0 aliphatic heterocycles. The fourth-order valence-electron chi connectivity index (χ4n) is 0.642. The summed E-state index contributed by atoms with van der Waals surface area (Å²) in [6.07, 6.45) is 0. The maximum absolute atomic E-state index is 7.75. The van der Waals surface area contributed by atoms with E-state index in [-0.39, 0.29) is 33.6 Å². The molecule has 4 heteroatoms. The third-order valence-corrected chi connectivity index (χ3v) is 1.11. The van der Waals surface area contributed by atoms with Crippen molar-refractivity contribution in [2.45, 2.75) is 0 Å². The Balaban J connectivity index is -0.0000000631. The van der Waals surface area contributed by atoms with Gasteiger partial charge in [0, 0.05) is 33.6 Å².